The van der Waals surface area contributed by atoms with Gasteiger partial charge in [-0.25, -0.2) is 0 Å². The fourth-order valence-corrected chi connectivity index (χ4v) is 4.23. The minimum absolute atomic E-state index is 0.169. The topological polar surface area (TPSA) is 67.0 Å². The average Bonchev–Trinajstić information content (AvgIpc) is 2.66. The summed E-state index contributed by atoms with van der Waals surface area (Å²) >= 11 is 3.40. The molecule has 4 nitrogen and oxygen atoms in total. The first-order valence-corrected chi connectivity index (χ1v) is 8.83. The summed E-state index contributed by atoms with van der Waals surface area (Å²) in [6.45, 7) is 0. The smallest absolute Gasteiger partial charge is 0.197 e. The van der Waals surface area contributed by atoms with E-state index in [1.807, 2.05) is 6.07 Å². The number of nitrogens with one attached hydrogen (secondary N) is 1. The molecular formula is C21H10BrNO3. The second kappa shape index (κ2) is 5.22. The number of benzene rings is 3. The zero-order valence-electron chi connectivity index (χ0n) is 13.3. The van der Waals surface area contributed by atoms with Gasteiger partial charge in [0.15, 0.2) is 17.0 Å². The average molecular weight is 404 g/mol. The summed E-state index contributed by atoms with van der Waals surface area (Å²) in [5, 5.41) is 0.927. The lowest BCUT2D eigenvalue weighted by Gasteiger charge is -2.20. The second-order valence-electron chi connectivity index (χ2n) is 6.23. The lowest BCUT2D eigenvalue weighted by molar-refractivity contribution is 0.0979. The van der Waals surface area contributed by atoms with Crippen LogP contribution in [0.15, 0.2) is 63.9 Å². The van der Waals surface area contributed by atoms with Crippen molar-refractivity contribution in [1.82, 2.24) is 4.98 Å². The van der Waals surface area contributed by atoms with Crippen molar-refractivity contribution in [2.24, 2.45) is 0 Å². The summed E-state index contributed by atoms with van der Waals surface area (Å²) < 4.78 is 0.452. The number of para-hydroxylation sites is 1. The summed E-state index contributed by atoms with van der Waals surface area (Å²) in [5.41, 5.74) is 2.16. The van der Waals surface area contributed by atoms with Gasteiger partial charge in [-0.1, -0.05) is 36.4 Å². The van der Waals surface area contributed by atoms with Gasteiger partial charge in [-0.2, -0.15) is 0 Å². The molecule has 0 radical (unpaired) electrons. The third-order valence-corrected chi connectivity index (χ3v) is 5.45. The van der Waals surface area contributed by atoms with E-state index < -0.39 is 0 Å². The molecule has 1 N–H and O–H groups in total. The van der Waals surface area contributed by atoms with Crippen LogP contribution in [0.25, 0.3) is 21.8 Å². The molecule has 0 saturated heterocycles. The van der Waals surface area contributed by atoms with E-state index in [-0.39, 0.29) is 22.6 Å². The van der Waals surface area contributed by atoms with E-state index >= 15 is 0 Å². The van der Waals surface area contributed by atoms with Gasteiger partial charge in [0.1, 0.15) is 0 Å². The number of hydrogen-bond acceptors (Lipinski definition) is 3. The van der Waals surface area contributed by atoms with E-state index in [9.17, 15) is 14.4 Å². The maximum absolute atomic E-state index is 13.2. The third-order valence-electron chi connectivity index (χ3n) is 4.83. The molecule has 0 saturated carbocycles. The van der Waals surface area contributed by atoms with Gasteiger partial charge in [0.05, 0.1) is 16.6 Å². The molecule has 0 bridgehead atoms. The first-order chi connectivity index (χ1) is 12.6. The van der Waals surface area contributed by atoms with Gasteiger partial charge in [-0.05, 0) is 34.1 Å². The van der Waals surface area contributed by atoms with Crippen LogP contribution < -0.4 is 5.43 Å². The van der Waals surface area contributed by atoms with Crippen LogP contribution in [0.3, 0.4) is 0 Å². The van der Waals surface area contributed by atoms with Crippen LogP contribution in [0.1, 0.15) is 31.8 Å². The predicted octanol–water partition coefficient (Wildman–Crippen LogP) is 4.22. The molecule has 5 heteroatoms. The molecule has 26 heavy (non-hydrogen) atoms. The Morgan fingerprint density at radius 2 is 1.35 bits per heavy atom. The number of pyridine rings is 1. The van der Waals surface area contributed by atoms with E-state index in [1.165, 1.54) is 0 Å². The van der Waals surface area contributed by atoms with Crippen molar-refractivity contribution in [1.29, 1.82) is 0 Å². The Kier molecular flexibility index (Phi) is 3.06. The summed E-state index contributed by atoms with van der Waals surface area (Å²) in [4.78, 5) is 42.3. The molecule has 0 aliphatic heterocycles. The maximum Gasteiger partial charge on any atom is 0.197 e. The molecule has 0 spiro atoms. The SMILES string of the molecule is O=C1c2ccccc2C(=O)c2c1c(Br)cc1c(=O)c3ccccc3[nH]c21. The maximum atomic E-state index is 13.2. The molecular weight excluding hydrogens is 394 g/mol. The number of carbonyl (C=O) groups excluding carboxylic acids is 2. The lowest BCUT2D eigenvalue weighted by atomic mass is 9.82. The second-order valence-corrected chi connectivity index (χ2v) is 7.09. The first kappa shape index (κ1) is 15.2. The molecule has 3 aromatic carbocycles. The van der Waals surface area contributed by atoms with Crippen LogP contribution in [0, 0.1) is 0 Å². The van der Waals surface area contributed by atoms with Gasteiger partial charge in [0.2, 0.25) is 0 Å². The number of hydrogen-bond donors (Lipinski definition) is 1. The van der Waals surface area contributed by atoms with Crippen molar-refractivity contribution in [2.75, 3.05) is 0 Å². The van der Waals surface area contributed by atoms with Crippen molar-refractivity contribution < 1.29 is 9.59 Å². The van der Waals surface area contributed by atoms with Crippen molar-refractivity contribution >= 4 is 49.3 Å². The van der Waals surface area contributed by atoms with E-state index in [0.717, 1.165) is 0 Å². The largest absolute Gasteiger partial charge is 0.354 e. The molecule has 1 aliphatic carbocycles. The number of aromatic amines is 1. The molecule has 0 fully saturated rings. The van der Waals surface area contributed by atoms with Crippen LogP contribution in [-0.2, 0) is 0 Å². The molecule has 1 heterocycles. The van der Waals surface area contributed by atoms with Crippen molar-refractivity contribution in [3.63, 3.8) is 0 Å². The quantitative estimate of drug-likeness (QED) is 0.393. The van der Waals surface area contributed by atoms with Crippen LogP contribution in [0.5, 0.6) is 0 Å². The Morgan fingerprint density at radius 1 is 0.731 bits per heavy atom. The Hall–Kier alpha value is -3.05. The van der Waals surface area contributed by atoms with E-state index in [0.29, 0.717) is 43.0 Å². The number of H-pyrrole nitrogens is 1. The number of fused-ring (bicyclic) bond motifs is 5. The molecule has 0 amide bonds. The Labute approximate surface area is 155 Å². The lowest BCUT2D eigenvalue weighted by Crippen LogP contribution is -2.23. The first-order valence-electron chi connectivity index (χ1n) is 8.03. The summed E-state index contributed by atoms with van der Waals surface area (Å²) in [6.07, 6.45) is 0. The van der Waals surface area contributed by atoms with Crippen LogP contribution in [0.4, 0.5) is 0 Å². The van der Waals surface area contributed by atoms with Gasteiger partial charge in [0.25, 0.3) is 0 Å². The zero-order chi connectivity index (χ0) is 18.0. The number of halogens is 1. The molecule has 0 unspecified atom stereocenters. The predicted molar refractivity (Wildman–Crippen MR) is 103 cm³/mol. The number of rotatable bonds is 0. The van der Waals surface area contributed by atoms with E-state index in [1.54, 1.807) is 48.5 Å². The zero-order valence-corrected chi connectivity index (χ0v) is 14.9. The van der Waals surface area contributed by atoms with Crippen molar-refractivity contribution in [3.8, 4) is 0 Å². The molecule has 4 aromatic rings. The summed E-state index contributed by atoms with van der Waals surface area (Å²) in [7, 11) is 0. The number of carbonyl (C=O) groups is 2. The van der Waals surface area contributed by atoms with Gasteiger partial charge in [-0.15, -0.1) is 0 Å². The minimum Gasteiger partial charge on any atom is -0.354 e. The third kappa shape index (κ3) is 1.86. The van der Waals surface area contributed by atoms with Gasteiger partial charge >= 0.3 is 0 Å². The van der Waals surface area contributed by atoms with Crippen molar-refractivity contribution in [2.45, 2.75) is 0 Å². The summed E-state index contributed by atoms with van der Waals surface area (Å²) in [5.74, 6) is -0.481. The normalized spacial score (nSPS) is 13.1. The Bertz CT molecular complexity index is 1350. The van der Waals surface area contributed by atoms with E-state index in [2.05, 4.69) is 20.9 Å². The van der Waals surface area contributed by atoms with Crippen molar-refractivity contribution in [3.05, 3.63) is 91.5 Å². The Morgan fingerprint density at radius 3 is 2.08 bits per heavy atom. The molecule has 0 atom stereocenters. The fraction of sp³-hybridized carbons (Fsp3) is 0. The highest BCUT2D eigenvalue weighted by molar-refractivity contribution is 9.10. The molecule has 124 valence electrons. The van der Waals surface area contributed by atoms with Crippen LogP contribution in [0.2, 0.25) is 0 Å². The monoisotopic (exact) mass is 403 g/mol. The standard InChI is InChI=1S/C21H10BrNO3/c22-14-9-13-18(23-15-8-4-3-7-12(15)19(13)24)17-16(14)20(25)10-5-1-2-6-11(10)21(17)26/h1-9H,(H,23,24). The summed E-state index contributed by atoms with van der Waals surface area (Å²) in [6, 6.07) is 15.5. The van der Waals surface area contributed by atoms with E-state index in [4.69, 9.17) is 0 Å². The Balaban J connectivity index is 2.01. The molecule has 5 rings (SSSR count). The fourth-order valence-electron chi connectivity index (χ4n) is 3.63. The van der Waals surface area contributed by atoms with Crippen LogP contribution >= 0.6 is 15.9 Å². The highest BCUT2D eigenvalue weighted by Crippen LogP contribution is 2.36. The van der Waals surface area contributed by atoms with Gasteiger partial charge < -0.3 is 4.98 Å². The minimum atomic E-state index is -0.257. The number of ketones is 2. The van der Waals surface area contributed by atoms with Gasteiger partial charge in [-0.3, -0.25) is 14.4 Å². The van der Waals surface area contributed by atoms with Gasteiger partial charge in [0, 0.05) is 31.9 Å². The highest BCUT2D eigenvalue weighted by Gasteiger charge is 2.33. The number of aromatic nitrogens is 1. The van der Waals surface area contributed by atoms with Crippen LogP contribution in [-0.4, -0.2) is 16.6 Å². The molecule has 1 aromatic heterocycles. The highest BCUT2D eigenvalue weighted by atomic mass is 79.9. The molecule has 1 aliphatic rings.